The van der Waals surface area contributed by atoms with Gasteiger partial charge in [0, 0.05) is 24.8 Å². The number of halogens is 4. The molecule has 7 nitrogen and oxygen atoms in total. The first-order chi connectivity index (χ1) is 14.3. The van der Waals surface area contributed by atoms with Gasteiger partial charge in [0.05, 0.1) is 17.0 Å². The van der Waals surface area contributed by atoms with Crippen molar-refractivity contribution in [2.75, 3.05) is 23.7 Å². The van der Waals surface area contributed by atoms with Gasteiger partial charge >= 0.3 is 6.18 Å². The molecule has 0 atom stereocenters. The molecule has 0 aromatic heterocycles. The lowest BCUT2D eigenvalue weighted by molar-refractivity contribution is -0.140. The molecule has 0 spiro atoms. The Kier molecular flexibility index (Phi) is 7.39. The smallest absolute Gasteiger partial charge is 0.326 e. The summed E-state index contributed by atoms with van der Waals surface area (Å²) in [5.74, 6) is -2.62. The molecule has 2 aromatic rings. The van der Waals surface area contributed by atoms with Crippen molar-refractivity contribution in [2.24, 2.45) is 0 Å². The molecule has 2 aromatic carbocycles. The van der Waals surface area contributed by atoms with Gasteiger partial charge in [-0.05, 0) is 42.5 Å². The highest BCUT2D eigenvalue weighted by Crippen LogP contribution is 2.33. The lowest BCUT2D eigenvalue weighted by Gasteiger charge is -2.21. The van der Waals surface area contributed by atoms with Crippen molar-refractivity contribution in [3.8, 4) is 0 Å². The topological polar surface area (TPSA) is 95.6 Å². The summed E-state index contributed by atoms with van der Waals surface area (Å²) in [5.41, 5.74) is -0.915. The first kappa shape index (κ1) is 24.3. The molecule has 0 heterocycles. The zero-order chi connectivity index (χ0) is 23.4. The zero-order valence-electron chi connectivity index (χ0n) is 16.5. The molecule has 2 rings (SSSR count). The average molecular weight is 461 g/mol. The molecule has 0 radical (unpaired) electrons. The average Bonchev–Trinajstić information content (AvgIpc) is 2.66. The van der Waals surface area contributed by atoms with E-state index < -0.39 is 44.9 Å². The van der Waals surface area contributed by atoms with Gasteiger partial charge in [0.15, 0.2) is 0 Å². The number of hydrogen-bond acceptors (Lipinski definition) is 4. The molecular weight excluding hydrogens is 442 g/mol. The second-order valence-corrected chi connectivity index (χ2v) is 8.32. The van der Waals surface area contributed by atoms with Gasteiger partial charge in [-0.1, -0.05) is 6.92 Å². The summed E-state index contributed by atoms with van der Waals surface area (Å²) < 4.78 is 78.3. The van der Waals surface area contributed by atoms with Gasteiger partial charge in [-0.15, -0.1) is 0 Å². The van der Waals surface area contributed by atoms with E-state index in [2.05, 4.69) is 10.6 Å². The molecule has 0 fully saturated rings. The van der Waals surface area contributed by atoms with Gasteiger partial charge in [-0.25, -0.2) is 12.8 Å². The standard InChI is InChI=1S/C19H19F4N3O4S/c1-3-26(11-18(28)25-14-6-4-13(5-7-14)24-12(2)27)31(29,30)15-8-9-17(20)16(10-15)19(21,22)23/h4-10H,3,11H2,1-2H3,(H,24,27)(H,25,28). The molecule has 2 N–H and O–H groups in total. The summed E-state index contributed by atoms with van der Waals surface area (Å²) in [6.45, 7) is 1.84. The molecule has 0 aliphatic carbocycles. The highest BCUT2D eigenvalue weighted by molar-refractivity contribution is 7.89. The molecule has 2 amide bonds. The molecule has 0 aliphatic heterocycles. The summed E-state index contributed by atoms with van der Waals surface area (Å²) >= 11 is 0. The van der Waals surface area contributed by atoms with Crippen molar-refractivity contribution in [2.45, 2.75) is 24.9 Å². The summed E-state index contributed by atoms with van der Waals surface area (Å²) in [6.07, 6.45) is -5.08. The van der Waals surface area contributed by atoms with E-state index >= 15 is 0 Å². The lowest BCUT2D eigenvalue weighted by Crippen LogP contribution is -2.38. The summed E-state index contributed by atoms with van der Waals surface area (Å²) in [6, 6.07) is 7.31. The van der Waals surface area contributed by atoms with Crippen LogP contribution < -0.4 is 10.6 Å². The van der Waals surface area contributed by atoms with Crippen LogP contribution in [-0.4, -0.2) is 37.6 Å². The van der Waals surface area contributed by atoms with Crippen LogP contribution in [0.1, 0.15) is 19.4 Å². The highest BCUT2D eigenvalue weighted by Gasteiger charge is 2.36. The maximum atomic E-state index is 13.5. The first-order valence-corrected chi connectivity index (χ1v) is 10.3. The van der Waals surface area contributed by atoms with Crippen molar-refractivity contribution in [1.82, 2.24) is 4.31 Å². The third kappa shape index (κ3) is 6.25. The number of rotatable bonds is 7. The van der Waals surface area contributed by atoms with Crippen molar-refractivity contribution >= 4 is 33.2 Å². The van der Waals surface area contributed by atoms with Gasteiger partial charge in [-0.3, -0.25) is 9.59 Å². The number of sulfonamides is 1. The number of anilines is 2. The van der Waals surface area contributed by atoms with E-state index in [9.17, 15) is 35.6 Å². The largest absolute Gasteiger partial charge is 0.419 e. The van der Waals surface area contributed by atoms with Gasteiger partial charge < -0.3 is 10.6 Å². The quantitative estimate of drug-likeness (QED) is 0.618. The Morgan fingerprint density at radius 2 is 1.55 bits per heavy atom. The number of amides is 2. The normalized spacial score (nSPS) is 12.0. The van der Waals surface area contributed by atoms with E-state index in [-0.39, 0.29) is 18.5 Å². The van der Waals surface area contributed by atoms with Crippen LogP contribution >= 0.6 is 0 Å². The Labute approximate surface area is 176 Å². The maximum absolute atomic E-state index is 13.5. The number of carbonyl (C=O) groups is 2. The molecule has 31 heavy (non-hydrogen) atoms. The Balaban J connectivity index is 2.18. The molecule has 168 valence electrons. The Morgan fingerprint density at radius 3 is 2.03 bits per heavy atom. The maximum Gasteiger partial charge on any atom is 0.419 e. The number of alkyl halides is 3. The fourth-order valence-electron chi connectivity index (χ4n) is 2.60. The number of hydrogen-bond donors (Lipinski definition) is 2. The first-order valence-electron chi connectivity index (χ1n) is 8.89. The van der Waals surface area contributed by atoms with Crippen LogP contribution in [0, 0.1) is 5.82 Å². The van der Waals surface area contributed by atoms with Crippen LogP contribution in [0.4, 0.5) is 28.9 Å². The second-order valence-electron chi connectivity index (χ2n) is 6.38. The van der Waals surface area contributed by atoms with Crippen molar-refractivity contribution in [3.05, 3.63) is 53.8 Å². The second kappa shape index (κ2) is 9.43. The molecule has 0 saturated heterocycles. The monoisotopic (exact) mass is 461 g/mol. The lowest BCUT2D eigenvalue weighted by atomic mass is 10.2. The van der Waals surface area contributed by atoms with E-state index in [1.165, 1.54) is 38.1 Å². The molecule has 0 bridgehead atoms. The van der Waals surface area contributed by atoms with Gasteiger partial charge in [-0.2, -0.15) is 17.5 Å². The van der Waals surface area contributed by atoms with Crippen LogP contribution in [0.15, 0.2) is 47.4 Å². The number of carbonyl (C=O) groups excluding carboxylic acids is 2. The van der Waals surface area contributed by atoms with E-state index in [0.717, 1.165) is 0 Å². The van der Waals surface area contributed by atoms with Crippen LogP contribution in [0.5, 0.6) is 0 Å². The third-order valence-corrected chi connectivity index (χ3v) is 5.96. The van der Waals surface area contributed by atoms with Crippen LogP contribution in [0.3, 0.4) is 0 Å². The Morgan fingerprint density at radius 1 is 1.00 bits per heavy atom. The summed E-state index contributed by atoms with van der Waals surface area (Å²) in [5, 5.41) is 5.00. The molecule has 0 saturated carbocycles. The number of likely N-dealkylation sites (N-methyl/N-ethyl adjacent to an activating group) is 1. The van der Waals surface area contributed by atoms with Crippen LogP contribution in [0.2, 0.25) is 0 Å². The number of nitrogens with zero attached hydrogens (tertiary/aromatic N) is 1. The zero-order valence-corrected chi connectivity index (χ0v) is 17.3. The van der Waals surface area contributed by atoms with Gasteiger partial charge in [0.25, 0.3) is 0 Å². The van der Waals surface area contributed by atoms with E-state index in [1.54, 1.807) is 0 Å². The predicted molar refractivity (Wildman–Crippen MR) is 105 cm³/mol. The van der Waals surface area contributed by atoms with E-state index in [0.29, 0.717) is 27.8 Å². The van der Waals surface area contributed by atoms with E-state index in [1.807, 2.05) is 0 Å². The van der Waals surface area contributed by atoms with Crippen molar-refractivity contribution in [3.63, 3.8) is 0 Å². The molecular formula is C19H19F4N3O4S. The van der Waals surface area contributed by atoms with Gasteiger partial charge in [0.1, 0.15) is 5.82 Å². The minimum atomic E-state index is -5.08. The van der Waals surface area contributed by atoms with Gasteiger partial charge in [0.2, 0.25) is 21.8 Å². The van der Waals surface area contributed by atoms with Crippen LogP contribution in [-0.2, 0) is 25.8 Å². The third-order valence-electron chi connectivity index (χ3n) is 4.04. The van der Waals surface area contributed by atoms with Crippen LogP contribution in [0.25, 0.3) is 0 Å². The molecule has 0 aliphatic rings. The fraction of sp³-hybridized carbons (Fsp3) is 0.263. The summed E-state index contributed by atoms with van der Waals surface area (Å²) in [7, 11) is -4.50. The highest BCUT2D eigenvalue weighted by atomic mass is 32.2. The Bertz CT molecular complexity index is 1070. The minimum Gasteiger partial charge on any atom is -0.326 e. The molecule has 0 unspecified atom stereocenters. The summed E-state index contributed by atoms with van der Waals surface area (Å²) in [4.78, 5) is 22.5. The predicted octanol–water partition coefficient (Wildman–Crippen LogP) is 3.45. The fourth-order valence-corrected chi connectivity index (χ4v) is 4.03. The Hall–Kier alpha value is -2.99. The number of benzene rings is 2. The van der Waals surface area contributed by atoms with E-state index in [4.69, 9.17) is 0 Å². The number of nitrogens with one attached hydrogen (secondary N) is 2. The SMILES string of the molecule is CCN(CC(=O)Nc1ccc(NC(C)=O)cc1)S(=O)(=O)c1ccc(F)c(C(F)(F)F)c1. The van der Waals surface area contributed by atoms with Crippen molar-refractivity contribution in [1.29, 1.82) is 0 Å². The van der Waals surface area contributed by atoms with Crippen molar-refractivity contribution < 1.29 is 35.6 Å². The minimum absolute atomic E-state index is 0.200. The molecule has 12 heteroatoms.